The molecule has 4 fully saturated rings. The Morgan fingerprint density at radius 1 is 0.490 bits per heavy atom. The molecule has 0 saturated heterocycles. The first-order valence-electron chi connectivity index (χ1n) is 18.2. The molecule has 0 aliphatic heterocycles. The minimum atomic E-state index is -0.103. The molecule has 0 radical (unpaired) electrons. The lowest BCUT2D eigenvalue weighted by Crippen LogP contribution is -2.55. The summed E-state index contributed by atoms with van der Waals surface area (Å²) < 4.78 is 0. The monoisotopic (exact) mass is 634 g/mol. The van der Waals surface area contributed by atoms with Crippen molar-refractivity contribution in [3.05, 3.63) is 132 Å². The van der Waals surface area contributed by atoms with Gasteiger partial charge in [0.1, 0.15) is 0 Å². The molecule has 2 aromatic heterocycles. The van der Waals surface area contributed by atoms with Crippen LogP contribution >= 0.6 is 0 Å². The van der Waals surface area contributed by atoms with Crippen LogP contribution in [0.4, 0.5) is 0 Å². The van der Waals surface area contributed by atoms with Gasteiger partial charge in [0.15, 0.2) is 17.5 Å². The number of fused-ring (bicyclic) bond motifs is 6. The lowest BCUT2D eigenvalue weighted by Gasteiger charge is -2.61. The van der Waals surface area contributed by atoms with Crippen molar-refractivity contribution < 1.29 is 0 Å². The minimum absolute atomic E-state index is 0.0964. The molecule has 6 aromatic rings. The third kappa shape index (κ3) is 3.75. The lowest BCUT2D eigenvalue weighted by molar-refractivity contribution is -0.0400. The van der Waals surface area contributed by atoms with E-state index in [-0.39, 0.29) is 10.8 Å². The Kier molecular flexibility index (Phi) is 5.60. The highest BCUT2D eigenvalue weighted by Crippen LogP contribution is 2.69. The van der Waals surface area contributed by atoms with Crippen molar-refractivity contribution in [3.8, 4) is 56.5 Å². The summed E-state index contributed by atoms with van der Waals surface area (Å²) >= 11 is 0. The van der Waals surface area contributed by atoms with E-state index in [4.69, 9.17) is 19.9 Å². The molecule has 0 amide bonds. The molecule has 238 valence electrons. The van der Waals surface area contributed by atoms with Crippen LogP contribution in [0.15, 0.2) is 109 Å². The van der Waals surface area contributed by atoms with E-state index in [9.17, 15) is 0 Å². The molecule has 49 heavy (non-hydrogen) atoms. The van der Waals surface area contributed by atoms with E-state index < -0.39 is 0 Å². The van der Waals surface area contributed by atoms with Crippen LogP contribution in [0, 0.1) is 23.7 Å². The van der Waals surface area contributed by atoms with Crippen molar-refractivity contribution in [3.63, 3.8) is 0 Å². The largest absolute Gasteiger partial charge is 0.256 e. The van der Waals surface area contributed by atoms with Gasteiger partial charge in [0, 0.05) is 39.3 Å². The van der Waals surface area contributed by atoms with Gasteiger partial charge >= 0.3 is 0 Å². The van der Waals surface area contributed by atoms with Crippen molar-refractivity contribution in [2.45, 2.75) is 56.8 Å². The summed E-state index contributed by atoms with van der Waals surface area (Å²) in [5.74, 6) is 5.35. The number of aromatic nitrogens is 4. The predicted molar refractivity (Wildman–Crippen MR) is 195 cm³/mol. The number of pyridine rings is 1. The normalized spacial score (nSPS) is 26.0. The van der Waals surface area contributed by atoms with Crippen molar-refractivity contribution in [1.82, 2.24) is 19.9 Å². The molecule has 2 heterocycles. The van der Waals surface area contributed by atoms with Gasteiger partial charge in [-0.2, -0.15) is 0 Å². The second kappa shape index (κ2) is 9.81. The molecule has 12 rings (SSSR count). The van der Waals surface area contributed by atoms with Crippen LogP contribution in [0.5, 0.6) is 0 Å². The zero-order valence-corrected chi connectivity index (χ0v) is 28.0. The Balaban J connectivity index is 1.08. The molecule has 4 saturated carbocycles. The SMILES string of the molecule is CC1(C)c2ccccc2-c2ccc(-c3nc(-c4ccccc4)nc(-c4ccc5c(c4)-c4ncccc4C54C5CC6CC(C5)CC4C6)n3)cc21. The zero-order valence-electron chi connectivity index (χ0n) is 28.0. The van der Waals surface area contributed by atoms with Crippen molar-refractivity contribution in [2.24, 2.45) is 23.7 Å². The van der Waals surface area contributed by atoms with Gasteiger partial charge < -0.3 is 0 Å². The highest BCUT2D eigenvalue weighted by molar-refractivity contribution is 5.84. The van der Waals surface area contributed by atoms with Crippen molar-refractivity contribution >= 4 is 0 Å². The van der Waals surface area contributed by atoms with Gasteiger partial charge in [-0.15, -0.1) is 0 Å². The van der Waals surface area contributed by atoms with Gasteiger partial charge in [0.2, 0.25) is 0 Å². The molecule has 6 aliphatic rings. The Labute approximate surface area is 287 Å². The smallest absolute Gasteiger partial charge is 0.164 e. The van der Waals surface area contributed by atoms with Crippen LogP contribution in [0.25, 0.3) is 56.5 Å². The fourth-order valence-corrected chi connectivity index (χ4v) is 11.3. The standard InChI is InChI=1S/C45H38N4/c1-44(2)36-12-7-6-11-33(36)34-16-14-30(25-39(34)44)43-48-41(28-9-4-3-5-10-28)47-42(49-43)29-15-17-37-35(24-29)40-38(13-8-18-46-40)45(37)31-20-26-19-27(22-31)23-32(45)21-26/h3-18,24-27,31-32H,19-23H2,1-2H3. The fourth-order valence-electron chi connectivity index (χ4n) is 11.3. The summed E-state index contributed by atoms with van der Waals surface area (Å²) in [4.78, 5) is 20.6. The van der Waals surface area contributed by atoms with Crippen LogP contribution in [-0.4, -0.2) is 19.9 Å². The third-order valence-electron chi connectivity index (χ3n) is 13.2. The Hall–Kier alpha value is -4.96. The molecule has 6 aliphatic carbocycles. The van der Waals surface area contributed by atoms with Gasteiger partial charge in [0.25, 0.3) is 0 Å². The van der Waals surface area contributed by atoms with Crippen LogP contribution in [0.3, 0.4) is 0 Å². The Bertz CT molecular complexity index is 2310. The number of hydrogen-bond acceptors (Lipinski definition) is 4. The van der Waals surface area contributed by atoms with Crippen LogP contribution in [-0.2, 0) is 10.8 Å². The molecule has 4 bridgehead atoms. The summed E-state index contributed by atoms with van der Waals surface area (Å²) in [6, 6.07) is 37.5. The van der Waals surface area contributed by atoms with Crippen LogP contribution in [0.2, 0.25) is 0 Å². The minimum Gasteiger partial charge on any atom is -0.256 e. The molecule has 4 nitrogen and oxygen atoms in total. The van der Waals surface area contributed by atoms with E-state index in [0.29, 0.717) is 29.3 Å². The van der Waals surface area contributed by atoms with Gasteiger partial charge in [-0.1, -0.05) is 98.8 Å². The molecule has 0 unspecified atom stereocenters. The van der Waals surface area contributed by atoms with E-state index in [1.165, 1.54) is 76.7 Å². The van der Waals surface area contributed by atoms with Gasteiger partial charge in [-0.3, -0.25) is 4.98 Å². The molecule has 4 aromatic carbocycles. The molecular formula is C45H38N4. The fraction of sp³-hybridized carbons (Fsp3) is 0.289. The summed E-state index contributed by atoms with van der Waals surface area (Å²) in [5, 5.41) is 0. The van der Waals surface area contributed by atoms with Crippen LogP contribution in [0.1, 0.15) is 68.2 Å². The summed E-state index contributed by atoms with van der Waals surface area (Å²) in [6.07, 6.45) is 8.89. The van der Waals surface area contributed by atoms with E-state index in [0.717, 1.165) is 28.5 Å². The maximum atomic E-state index is 5.24. The summed E-state index contributed by atoms with van der Waals surface area (Å²) in [7, 11) is 0. The Morgan fingerprint density at radius 3 is 1.86 bits per heavy atom. The van der Waals surface area contributed by atoms with Crippen molar-refractivity contribution in [1.29, 1.82) is 0 Å². The molecular weight excluding hydrogens is 597 g/mol. The number of nitrogens with zero attached hydrogens (tertiary/aromatic N) is 4. The predicted octanol–water partition coefficient (Wildman–Crippen LogP) is 10.3. The number of hydrogen-bond donors (Lipinski definition) is 0. The van der Waals surface area contributed by atoms with E-state index in [1.807, 2.05) is 12.3 Å². The average molecular weight is 635 g/mol. The molecule has 0 atom stereocenters. The number of rotatable bonds is 3. The average Bonchev–Trinajstić information content (AvgIpc) is 3.56. The quantitative estimate of drug-likeness (QED) is 0.194. The first-order valence-corrected chi connectivity index (χ1v) is 18.2. The highest BCUT2D eigenvalue weighted by atomic mass is 15.0. The van der Waals surface area contributed by atoms with Gasteiger partial charge in [0.05, 0.1) is 5.69 Å². The van der Waals surface area contributed by atoms with E-state index in [1.54, 1.807) is 0 Å². The zero-order chi connectivity index (χ0) is 32.5. The first kappa shape index (κ1) is 27.9. The Morgan fingerprint density at radius 2 is 1.10 bits per heavy atom. The summed E-state index contributed by atoms with van der Waals surface area (Å²) in [6.45, 7) is 4.64. The first-order chi connectivity index (χ1) is 24.0. The van der Waals surface area contributed by atoms with Crippen LogP contribution < -0.4 is 0 Å². The third-order valence-corrected chi connectivity index (χ3v) is 13.2. The molecule has 0 N–H and O–H groups in total. The molecule has 1 spiro atoms. The van der Waals surface area contributed by atoms with E-state index in [2.05, 4.69) is 111 Å². The summed E-state index contributed by atoms with van der Waals surface area (Å²) in [5.41, 5.74) is 13.7. The topological polar surface area (TPSA) is 51.6 Å². The van der Waals surface area contributed by atoms with Gasteiger partial charge in [-0.25, -0.2) is 15.0 Å². The van der Waals surface area contributed by atoms with E-state index >= 15 is 0 Å². The highest BCUT2D eigenvalue weighted by Gasteiger charge is 2.61. The maximum absolute atomic E-state index is 5.24. The number of benzene rings is 4. The van der Waals surface area contributed by atoms with Crippen molar-refractivity contribution in [2.75, 3.05) is 0 Å². The second-order valence-corrected chi connectivity index (χ2v) is 15.9. The van der Waals surface area contributed by atoms with Gasteiger partial charge in [-0.05, 0) is 107 Å². The maximum Gasteiger partial charge on any atom is 0.164 e. The molecule has 4 heteroatoms. The lowest BCUT2D eigenvalue weighted by atomic mass is 9.43. The second-order valence-electron chi connectivity index (χ2n) is 15.9.